The molecule has 36 heavy (non-hydrogen) atoms. The van der Waals surface area contributed by atoms with Crippen LogP contribution in [-0.2, 0) is 9.13 Å². The summed E-state index contributed by atoms with van der Waals surface area (Å²) < 4.78 is 41.4. The van der Waals surface area contributed by atoms with Gasteiger partial charge in [0, 0.05) is 17.1 Å². The fourth-order valence-corrected chi connectivity index (χ4v) is 12.2. The molecule has 3 aromatic rings. The first kappa shape index (κ1) is 26.8. The zero-order valence-electron chi connectivity index (χ0n) is 21.5. The van der Waals surface area contributed by atoms with Crippen LogP contribution in [0.4, 0.5) is 0 Å². The van der Waals surface area contributed by atoms with E-state index in [0.717, 1.165) is 18.1 Å². The van der Waals surface area contributed by atoms with Gasteiger partial charge in [0.2, 0.25) is 0 Å². The molecule has 0 aliphatic heterocycles. The van der Waals surface area contributed by atoms with Crippen molar-refractivity contribution in [3.05, 3.63) is 91.0 Å². The van der Waals surface area contributed by atoms with Crippen molar-refractivity contribution in [3.63, 3.8) is 0 Å². The molecule has 0 aromatic heterocycles. The minimum atomic E-state index is -3.66. The first-order valence-electron chi connectivity index (χ1n) is 13.0. The van der Waals surface area contributed by atoms with Crippen molar-refractivity contribution in [1.82, 2.24) is 0 Å². The van der Waals surface area contributed by atoms with E-state index in [4.69, 9.17) is 9.05 Å². The van der Waals surface area contributed by atoms with Crippen LogP contribution in [0.5, 0.6) is 11.5 Å². The van der Waals surface area contributed by atoms with E-state index < -0.39 is 14.7 Å². The van der Waals surface area contributed by atoms with Crippen molar-refractivity contribution in [2.45, 2.75) is 45.7 Å². The molecular weight excluding hydrogens is 486 g/mol. The summed E-state index contributed by atoms with van der Waals surface area (Å²) in [6.45, 7) is 6.75. The molecule has 4 atom stereocenters. The van der Waals surface area contributed by atoms with Gasteiger partial charge >= 0.3 is 7.60 Å². The van der Waals surface area contributed by atoms with Gasteiger partial charge in [-0.3, -0.25) is 0 Å². The van der Waals surface area contributed by atoms with Crippen LogP contribution in [0.1, 0.15) is 40.0 Å². The molecule has 0 bridgehead atoms. The summed E-state index contributed by atoms with van der Waals surface area (Å²) in [7, 11) is -6.59. The molecule has 4 rings (SSSR count). The van der Waals surface area contributed by atoms with Crippen LogP contribution in [-0.4, -0.2) is 18.0 Å². The third kappa shape index (κ3) is 6.53. The van der Waals surface area contributed by atoms with Crippen molar-refractivity contribution in [1.29, 1.82) is 0 Å². The second kappa shape index (κ2) is 11.8. The fraction of sp³-hybridized carbons (Fsp3) is 0.400. The molecule has 0 unspecified atom stereocenters. The second-order valence-electron chi connectivity index (χ2n) is 10.4. The van der Waals surface area contributed by atoms with Crippen LogP contribution >= 0.6 is 14.7 Å². The molecule has 192 valence electrons. The molecule has 0 heterocycles. The van der Waals surface area contributed by atoms with Gasteiger partial charge < -0.3 is 13.6 Å². The summed E-state index contributed by atoms with van der Waals surface area (Å²) in [6, 6.07) is 28.1. The minimum Gasteiger partial charge on any atom is -0.416 e. The molecule has 1 saturated carbocycles. The predicted octanol–water partition coefficient (Wildman–Crippen LogP) is 8.49. The highest BCUT2D eigenvalue weighted by molar-refractivity contribution is 7.73. The maximum Gasteiger partial charge on any atom is 0.431 e. The summed E-state index contributed by atoms with van der Waals surface area (Å²) in [5.41, 5.74) is 0.0607. The summed E-state index contributed by atoms with van der Waals surface area (Å²) in [5, 5.41) is 0.876. The molecule has 0 amide bonds. The molecule has 6 heteroatoms. The largest absolute Gasteiger partial charge is 0.431 e. The molecule has 0 spiro atoms. The van der Waals surface area contributed by atoms with E-state index in [-0.39, 0.29) is 18.0 Å². The smallest absolute Gasteiger partial charge is 0.416 e. The Morgan fingerprint density at radius 3 is 1.75 bits per heavy atom. The van der Waals surface area contributed by atoms with Gasteiger partial charge in [-0.1, -0.05) is 93.9 Å². The van der Waals surface area contributed by atoms with Gasteiger partial charge in [0.05, 0.1) is 6.16 Å². The average molecular weight is 525 g/mol. The number of hydrogen-bond donors (Lipinski definition) is 0. The van der Waals surface area contributed by atoms with Crippen molar-refractivity contribution in [2.24, 2.45) is 17.8 Å². The highest BCUT2D eigenvalue weighted by Crippen LogP contribution is 2.61. The van der Waals surface area contributed by atoms with Crippen LogP contribution in [0.3, 0.4) is 0 Å². The minimum absolute atomic E-state index is 0.0607. The zero-order chi connectivity index (χ0) is 25.6. The lowest BCUT2D eigenvalue weighted by Gasteiger charge is -2.42. The first-order valence-corrected chi connectivity index (χ1v) is 16.7. The van der Waals surface area contributed by atoms with Crippen LogP contribution in [0, 0.1) is 17.8 Å². The van der Waals surface area contributed by atoms with Crippen LogP contribution in [0.15, 0.2) is 91.0 Å². The van der Waals surface area contributed by atoms with Gasteiger partial charge in [-0.05, 0) is 54.9 Å². The van der Waals surface area contributed by atoms with Gasteiger partial charge in [0.15, 0.2) is 0 Å². The molecular formula is C30H38O4P2. The Kier molecular flexibility index (Phi) is 8.81. The van der Waals surface area contributed by atoms with Gasteiger partial charge in [-0.25, -0.2) is 4.57 Å². The Labute approximate surface area is 216 Å². The highest BCUT2D eigenvalue weighted by atomic mass is 31.2. The molecule has 4 nitrogen and oxygen atoms in total. The van der Waals surface area contributed by atoms with E-state index in [9.17, 15) is 4.57 Å². The first-order chi connectivity index (χ1) is 17.3. The Bertz CT molecular complexity index is 1140. The van der Waals surface area contributed by atoms with E-state index in [0.29, 0.717) is 29.3 Å². The van der Waals surface area contributed by atoms with Gasteiger partial charge in [0.25, 0.3) is 0 Å². The topological polar surface area (TPSA) is 52.6 Å². The Hall–Kier alpha value is -2.28. The zero-order valence-corrected chi connectivity index (χ0v) is 23.3. The van der Waals surface area contributed by atoms with E-state index in [1.165, 1.54) is 6.42 Å². The number of benzene rings is 3. The molecule has 1 fully saturated rings. The Morgan fingerprint density at radius 2 is 1.25 bits per heavy atom. The van der Waals surface area contributed by atoms with Gasteiger partial charge in [-0.2, -0.15) is 0 Å². The lowest BCUT2D eigenvalue weighted by Crippen LogP contribution is -2.36. The lowest BCUT2D eigenvalue weighted by atomic mass is 9.77. The van der Waals surface area contributed by atoms with Crippen molar-refractivity contribution in [2.75, 3.05) is 12.3 Å². The molecule has 0 N–H and O–H groups in total. The van der Waals surface area contributed by atoms with Crippen molar-refractivity contribution in [3.8, 4) is 11.5 Å². The van der Waals surface area contributed by atoms with Gasteiger partial charge in [-0.15, -0.1) is 0 Å². The highest BCUT2D eigenvalue weighted by Gasteiger charge is 2.45. The molecule has 1 aliphatic rings. The Balaban J connectivity index is 1.69. The average Bonchev–Trinajstić information content (AvgIpc) is 2.89. The lowest BCUT2D eigenvalue weighted by molar-refractivity contribution is 0.237. The van der Waals surface area contributed by atoms with E-state index in [1.54, 1.807) is 24.3 Å². The fourth-order valence-electron chi connectivity index (χ4n) is 5.46. The summed E-state index contributed by atoms with van der Waals surface area (Å²) >= 11 is 0. The van der Waals surface area contributed by atoms with E-state index >= 15 is 4.57 Å². The number of para-hydroxylation sites is 2. The third-order valence-electron chi connectivity index (χ3n) is 7.40. The standard InChI is InChI=1S/C30H38O4P2/c1-24(2)29-20-19-25(3)23-30(29)35(31,28-17-11-6-12-18-28)21-22-36(32,33-26-13-7-4-8-14-26)34-27-15-9-5-10-16-27/h4-18,24-25,29-30H,19-23H2,1-3H3/t25-,29+,30-,35+/m1/s1. The molecule has 1 aliphatic carbocycles. The quantitative estimate of drug-likeness (QED) is 0.250. The molecule has 0 radical (unpaired) electrons. The third-order valence-corrected chi connectivity index (χ3v) is 13.2. The summed E-state index contributed by atoms with van der Waals surface area (Å²) in [5.74, 6) is 2.30. The van der Waals surface area contributed by atoms with Gasteiger partial charge in [0.1, 0.15) is 18.6 Å². The van der Waals surface area contributed by atoms with Crippen molar-refractivity contribution < 1.29 is 18.2 Å². The SMILES string of the molecule is CC(C)[C@@H]1CC[C@@H](C)C[C@H]1[P@](=O)(CCP(=O)(Oc1ccccc1)Oc1ccccc1)c1ccccc1. The number of rotatable bonds is 10. The summed E-state index contributed by atoms with van der Waals surface area (Å²) in [6.07, 6.45) is 3.55. The van der Waals surface area contributed by atoms with Crippen LogP contribution < -0.4 is 14.4 Å². The maximum absolute atomic E-state index is 15.1. The predicted molar refractivity (Wildman–Crippen MR) is 150 cm³/mol. The number of hydrogen-bond acceptors (Lipinski definition) is 4. The molecule has 3 aromatic carbocycles. The second-order valence-corrected chi connectivity index (χ2v) is 15.6. The normalized spacial score (nSPS) is 22.1. The molecule has 0 saturated heterocycles. The van der Waals surface area contributed by atoms with Crippen LogP contribution in [0.2, 0.25) is 0 Å². The van der Waals surface area contributed by atoms with E-state index in [1.807, 2.05) is 66.7 Å². The van der Waals surface area contributed by atoms with Crippen molar-refractivity contribution >= 4 is 20.0 Å². The van der Waals surface area contributed by atoms with E-state index in [2.05, 4.69) is 20.8 Å². The van der Waals surface area contributed by atoms with Crippen LogP contribution in [0.25, 0.3) is 0 Å². The Morgan fingerprint density at radius 1 is 0.750 bits per heavy atom. The summed E-state index contributed by atoms with van der Waals surface area (Å²) in [4.78, 5) is 0. The maximum atomic E-state index is 15.1. The monoisotopic (exact) mass is 524 g/mol.